The van der Waals surface area contributed by atoms with Crippen LogP contribution in [0.5, 0.6) is 0 Å². The average molecular weight is 760 g/mol. The molecule has 6 aromatic rings. The number of hydrogen-bond donors (Lipinski definition) is 3. The molecule has 1 heterocycles. The maximum Gasteiger partial charge on any atom is 0.272 e. The standard InChI is InChI=1S/C40H31BrN4O3S2/c1-26-15-17-28(18-16-26)35-25-49-40(44-35)45-39(48)36(29-10-4-2-5-11-29)50-33-21-19-32(20-22-33)42-38(47)34(24-27-9-8-14-31(41)23-27)43-37(46)30-12-6-3-7-13-30/h2-25,36H,1H3,(H,42,47)(H,43,46)(H,44,45,48)/b34-24-. The van der Waals surface area contributed by atoms with E-state index in [1.807, 2.05) is 109 Å². The average Bonchev–Trinajstić information content (AvgIpc) is 3.60. The van der Waals surface area contributed by atoms with Crippen molar-refractivity contribution in [2.75, 3.05) is 10.6 Å². The van der Waals surface area contributed by atoms with Crippen LogP contribution in [0.3, 0.4) is 0 Å². The molecule has 10 heteroatoms. The predicted octanol–water partition coefficient (Wildman–Crippen LogP) is 9.76. The number of nitrogens with zero attached hydrogens (tertiary/aromatic N) is 1. The number of rotatable bonds is 11. The quantitative estimate of drug-likeness (QED) is 0.0903. The number of aryl methyl sites for hydroxylation is 1. The molecule has 0 bridgehead atoms. The lowest BCUT2D eigenvalue weighted by atomic mass is 10.1. The Kier molecular flexibility index (Phi) is 11.3. The van der Waals surface area contributed by atoms with Crippen molar-refractivity contribution >= 4 is 73.6 Å². The van der Waals surface area contributed by atoms with Crippen molar-refractivity contribution in [1.82, 2.24) is 10.3 Å². The number of benzene rings is 5. The molecule has 0 spiro atoms. The van der Waals surface area contributed by atoms with Crippen LogP contribution in [0.4, 0.5) is 10.8 Å². The van der Waals surface area contributed by atoms with Gasteiger partial charge in [-0.3, -0.25) is 14.4 Å². The fourth-order valence-electron chi connectivity index (χ4n) is 4.92. The highest BCUT2D eigenvalue weighted by molar-refractivity contribution is 9.10. The van der Waals surface area contributed by atoms with Crippen LogP contribution in [-0.4, -0.2) is 22.7 Å². The third kappa shape index (κ3) is 9.23. The summed E-state index contributed by atoms with van der Waals surface area (Å²) < 4.78 is 0.842. The number of halogens is 1. The number of nitrogens with one attached hydrogen (secondary N) is 3. The number of carbonyl (C=O) groups is 3. The second-order valence-corrected chi connectivity index (χ2v) is 14.2. The number of thioether (sulfide) groups is 1. The second-order valence-electron chi connectivity index (χ2n) is 11.2. The first kappa shape index (κ1) is 34.6. The third-order valence-electron chi connectivity index (χ3n) is 7.48. The van der Waals surface area contributed by atoms with E-state index in [1.54, 1.807) is 42.5 Å². The summed E-state index contributed by atoms with van der Waals surface area (Å²) in [5.41, 5.74) is 5.59. The summed E-state index contributed by atoms with van der Waals surface area (Å²) in [6.07, 6.45) is 1.63. The summed E-state index contributed by atoms with van der Waals surface area (Å²) in [6.45, 7) is 2.04. The van der Waals surface area contributed by atoms with Gasteiger partial charge in [-0.15, -0.1) is 23.1 Å². The van der Waals surface area contributed by atoms with Crippen molar-refractivity contribution in [3.8, 4) is 11.3 Å². The molecule has 1 unspecified atom stereocenters. The zero-order valence-corrected chi connectivity index (χ0v) is 30.0. The van der Waals surface area contributed by atoms with Gasteiger partial charge in [-0.1, -0.05) is 106 Å². The normalized spacial score (nSPS) is 11.8. The minimum atomic E-state index is -0.559. The second kappa shape index (κ2) is 16.4. The Morgan fingerprint density at radius 3 is 2.20 bits per heavy atom. The van der Waals surface area contributed by atoms with Crippen LogP contribution in [0.1, 0.15) is 32.3 Å². The van der Waals surface area contributed by atoms with Crippen molar-refractivity contribution in [1.29, 1.82) is 0 Å². The molecular weight excluding hydrogens is 729 g/mol. The molecule has 6 rings (SSSR count). The van der Waals surface area contributed by atoms with E-state index in [2.05, 4.69) is 36.9 Å². The molecule has 0 saturated heterocycles. The first-order chi connectivity index (χ1) is 24.3. The van der Waals surface area contributed by atoms with Crippen molar-refractivity contribution in [2.24, 2.45) is 0 Å². The SMILES string of the molecule is Cc1ccc(-c2csc(NC(=O)C(Sc3ccc(NC(=O)/C(=C/c4cccc(Br)c4)NC(=O)c4ccccc4)cc3)c3ccccc3)n2)cc1. The van der Waals surface area contributed by atoms with E-state index in [4.69, 9.17) is 0 Å². The minimum Gasteiger partial charge on any atom is -0.321 e. The zero-order chi connectivity index (χ0) is 34.9. The first-order valence-electron chi connectivity index (χ1n) is 15.6. The number of hydrogen-bond acceptors (Lipinski definition) is 6. The van der Waals surface area contributed by atoms with Gasteiger partial charge in [0.1, 0.15) is 10.9 Å². The monoisotopic (exact) mass is 758 g/mol. The first-order valence-corrected chi connectivity index (χ1v) is 18.2. The van der Waals surface area contributed by atoms with Crippen LogP contribution in [-0.2, 0) is 9.59 Å². The highest BCUT2D eigenvalue weighted by atomic mass is 79.9. The molecule has 3 N–H and O–H groups in total. The van der Waals surface area contributed by atoms with Crippen LogP contribution in [0.25, 0.3) is 17.3 Å². The summed E-state index contributed by atoms with van der Waals surface area (Å²) >= 11 is 6.24. The van der Waals surface area contributed by atoms with Crippen LogP contribution in [0.2, 0.25) is 0 Å². The van der Waals surface area contributed by atoms with E-state index in [0.29, 0.717) is 16.4 Å². The van der Waals surface area contributed by atoms with E-state index in [9.17, 15) is 14.4 Å². The summed E-state index contributed by atoms with van der Waals surface area (Å²) in [5.74, 6) is -1.08. The molecule has 50 heavy (non-hydrogen) atoms. The Balaban J connectivity index is 1.17. The molecule has 248 valence electrons. The summed E-state index contributed by atoms with van der Waals surface area (Å²) in [5, 5.41) is 10.6. The maximum atomic E-state index is 13.7. The van der Waals surface area contributed by atoms with Crippen LogP contribution >= 0.6 is 39.0 Å². The van der Waals surface area contributed by atoms with Crippen molar-refractivity contribution in [2.45, 2.75) is 17.1 Å². The van der Waals surface area contributed by atoms with Gasteiger partial charge in [0.15, 0.2) is 5.13 Å². The van der Waals surface area contributed by atoms with Gasteiger partial charge in [0.25, 0.3) is 11.8 Å². The van der Waals surface area contributed by atoms with Gasteiger partial charge < -0.3 is 16.0 Å². The predicted molar refractivity (Wildman–Crippen MR) is 207 cm³/mol. The van der Waals surface area contributed by atoms with Gasteiger partial charge in [-0.2, -0.15) is 0 Å². The minimum absolute atomic E-state index is 0.0870. The van der Waals surface area contributed by atoms with E-state index < -0.39 is 17.1 Å². The Labute approximate surface area is 307 Å². The molecule has 0 aliphatic heterocycles. The topological polar surface area (TPSA) is 100 Å². The molecule has 1 atom stereocenters. The van der Waals surface area contributed by atoms with E-state index in [0.717, 1.165) is 31.8 Å². The fraction of sp³-hybridized carbons (Fsp3) is 0.0500. The Morgan fingerprint density at radius 1 is 0.800 bits per heavy atom. The van der Waals surface area contributed by atoms with Crippen LogP contribution in [0.15, 0.2) is 154 Å². The summed E-state index contributed by atoms with van der Waals surface area (Å²) in [4.78, 5) is 45.7. The fourth-order valence-corrected chi connectivity index (χ4v) is 7.08. The van der Waals surface area contributed by atoms with E-state index >= 15 is 0 Å². The smallest absolute Gasteiger partial charge is 0.272 e. The molecule has 5 aromatic carbocycles. The number of thiazole rings is 1. The number of anilines is 2. The molecule has 1 aromatic heterocycles. The molecule has 0 aliphatic carbocycles. The molecule has 0 fully saturated rings. The van der Waals surface area contributed by atoms with Gasteiger partial charge in [-0.25, -0.2) is 4.98 Å². The number of aromatic nitrogens is 1. The lowest BCUT2D eigenvalue weighted by Crippen LogP contribution is -2.30. The Bertz CT molecular complexity index is 2140. The number of carbonyl (C=O) groups excluding carboxylic acids is 3. The van der Waals surface area contributed by atoms with Crippen molar-refractivity contribution in [3.05, 3.63) is 171 Å². The van der Waals surface area contributed by atoms with E-state index in [1.165, 1.54) is 28.7 Å². The molecular formula is C40H31BrN4O3S2. The maximum absolute atomic E-state index is 13.7. The largest absolute Gasteiger partial charge is 0.321 e. The van der Waals surface area contributed by atoms with Gasteiger partial charge in [0.05, 0.1) is 5.69 Å². The summed E-state index contributed by atoms with van der Waals surface area (Å²) in [7, 11) is 0. The highest BCUT2D eigenvalue weighted by Gasteiger charge is 2.23. The molecule has 3 amide bonds. The van der Waals surface area contributed by atoms with Crippen LogP contribution in [0, 0.1) is 6.92 Å². The molecule has 0 radical (unpaired) electrons. The third-order valence-corrected chi connectivity index (χ3v) is 9.99. The molecule has 0 aliphatic rings. The lowest BCUT2D eigenvalue weighted by molar-refractivity contribution is -0.116. The Morgan fingerprint density at radius 2 is 1.50 bits per heavy atom. The number of amides is 3. The molecule has 7 nitrogen and oxygen atoms in total. The van der Waals surface area contributed by atoms with Gasteiger partial charge >= 0.3 is 0 Å². The molecule has 0 saturated carbocycles. The van der Waals surface area contributed by atoms with E-state index in [-0.39, 0.29) is 11.6 Å². The van der Waals surface area contributed by atoms with Crippen LogP contribution < -0.4 is 16.0 Å². The highest BCUT2D eigenvalue weighted by Crippen LogP contribution is 2.37. The summed E-state index contributed by atoms with van der Waals surface area (Å²) in [6, 6.07) is 41.1. The Hall–Kier alpha value is -5.29. The van der Waals surface area contributed by atoms with Crippen molar-refractivity contribution in [3.63, 3.8) is 0 Å². The zero-order valence-electron chi connectivity index (χ0n) is 26.8. The van der Waals surface area contributed by atoms with Gasteiger partial charge in [-0.05, 0) is 72.7 Å². The van der Waals surface area contributed by atoms with Gasteiger partial charge in [0.2, 0.25) is 5.91 Å². The van der Waals surface area contributed by atoms with Crippen molar-refractivity contribution < 1.29 is 14.4 Å². The van der Waals surface area contributed by atoms with Gasteiger partial charge in [0, 0.05) is 31.6 Å². The lowest BCUT2D eigenvalue weighted by Gasteiger charge is -2.17.